The van der Waals surface area contributed by atoms with Crippen LogP contribution in [0.1, 0.15) is 52.5 Å². The maximum atomic E-state index is 9.34. The summed E-state index contributed by atoms with van der Waals surface area (Å²) >= 11 is 0. The lowest BCUT2D eigenvalue weighted by molar-refractivity contribution is -0.570. The molecule has 5 heteroatoms. The Balaban J connectivity index is 1.11. The molecule has 0 atom stereocenters. The number of imidazole rings is 1. The summed E-state index contributed by atoms with van der Waals surface area (Å²) in [6.45, 7) is 1.07. The zero-order valence-electron chi connectivity index (χ0n) is 50.0. The highest BCUT2D eigenvalue weighted by atomic mass is 16.5. The lowest BCUT2D eigenvalue weighted by Crippen LogP contribution is -2.32. The van der Waals surface area contributed by atoms with Gasteiger partial charge in [-0.1, -0.05) is 166 Å². The van der Waals surface area contributed by atoms with Crippen molar-refractivity contribution in [2.75, 3.05) is 0 Å². The van der Waals surface area contributed by atoms with E-state index in [0.717, 1.165) is 55.4 Å². The largest absolute Gasteiger partial charge is 0.458 e. The highest BCUT2D eigenvalue weighted by Crippen LogP contribution is 2.47. The van der Waals surface area contributed by atoms with Crippen LogP contribution in [-0.4, -0.2) is 14.1 Å². The Morgan fingerprint density at radius 1 is 0.549 bits per heavy atom. The van der Waals surface area contributed by atoms with E-state index >= 15 is 0 Å². The van der Waals surface area contributed by atoms with Gasteiger partial charge in [0.15, 0.2) is 0 Å². The SMILES string of the molecule is [2H]c1c([2H])c([2H])c(-c2cccc3c2-[n+]2[c-]n(-c4cccc(Oc5ccc6c7ccccc7n(-c7cc(C(C)(C)C)ccn7)c6c5)c4)c4cc(-c5c(C([2H])([2H])[2H])cccc5C([2H])([2H])[2H])cc(c42)-c2ccccc2-c2ccccc2-3)c([2H])c1[2H]. The van der Waals surface area contributed by atoms with Crippen molar-refractivity contribution < 1.29 is 24.4 Å². The first-order chi connectivity index (χ1) is 39.2. The van der Waals surface area contributed by atoms with Gasteiger partial charge in [0.1, 0.15) is 17.3 Å². The molecule has 0 bridgehead atoms. The molecule has 3 aromatic heterocycles. The molecule has 0 amide bonds. The second kappa shape index (κ2) is 16.4. The molecule has 1 aliphatic rings. The molecule has 0 N–H and O–H groups in total. The Labute approximate surface area is 429 Å². The fraction of sp³-hybridized carbons (Fsp3) is 0.0909. The molecule has 0 saturated heterocycles. The number of hydrogen-bond acceptors (Lipinski definition) is 2. The van der Waals surface area contributed by atoms with Gasteiger partial charge >= 0.3 is 0 Å². The molecular weight excluding hydrogens is 865 g/mol. The van der Waals surface area contributed by atoms with Crippen molar-refractivity contribution in [1.29, 1.82) is 0 Å². The Morgan fingerprint density at radius 2 is 1.20 bits per heavy atom. The number of aromatic nitrogens is 4. The normalized spacial score (nSPS) is 14.6. The van der Waals surface area contributed by atoms with Crippen LogP contribution in [0.3, 0.4) is 0 Å². The summed E-state index contributed by atoms with van der Waals surface area (Å²) < 4.78 is 110. The van der Waals surface area contributed by atoms with Crippen LogP contribution in [-0.2, 0) is 5.41 Å². The second-order valence-corrected chi connectivity index (χ2v) is 19.0. The number of para-hydroxylation sites is 2. The number of rotatable bonds is 6. The van der Waals surface area contributed by atoms with E-state index in [0.29, 0.717) is 56.2 Å². The van der Waals surface area contributed by atoms with Gasteiger partial charge in [0.25, 0.3) is 6.33 Å². The Morgan fingerprint density at radius 3 is 1.96 bits per heavy atom. The van der Waals surface area contributed by atoms with Crippen LogP contribution in [0.25, 0.3) is 106 Å². The molecule has 9 aromatic carbocycles. The molecular formula is C66H50N4O. The topological polar surface area (TPSA) is 35.9 Å². The third-order valence-corrected chi connectivity index (χ3v) is 13.7. The Kier molecular flexibility index (Phi) is 7.42. The van der Waals surface area contributed by atoms with E-state index in [1.54, 1.807) is 12.1 Å². The van der Waals surface area contributed by atoms with Crippen molar-refractivity contribution in [1.82, 2.24) is 14.1 Å². The number of nitrogens with zero attached hydrogens (tertiary/aromatic N) is 4. The van der Waals surface area contributed by atoms with Gasteiger partial charge in [0.2, 0.25) is 0 Å². The molecule has 0 fully saturated rings. The van der Waals surface area contributed by atoms with Crippen LogP contribution < -0.4 is 9.30 Å². The summed E-state index contributed by atoms with van der Waals surface area (Å²) in [6.07, 6.45) is 5.53. The van der Waals surface area contributed by atoms with Gasteiger partial charge < -0.3 is 4.74 Å². The minimum absolute atomic E-state index is 0.0184. The van der Waals surface area contributed by atoms with Crippen molar-refractivity contribution in [2.24, 2.45) is 0 Å². The molecule has 5 nitrogen and oxygen atoms in total. The molecule has 0 spiro atoms. The van der Waals surface area contributed by atoms with Gasteiger partial charge in [-0.15, -0.1) is 0 Å². The number of fused-ring (bicyclic) bond motifs is 10. The number of hydrogen-bond donors (Lipinski definition) is 0. The van der Waals surface area contributed by atoms with Gasteiger partial charge in [-0.25, -0.2) is 4.98 Å². The van der Waals surface area contributed by atoms with Gasteiger partial charge in [-0.3, -0.25) is 13.7 Å². The van der Waals surface area contributed by atoms with Crippen molar-refractivity contribution in [2.45, 2.75) is 39.9 Å². The molecule has 0 radical (unpaired) electrons. The maximum absolute atomic E-state index is 9.34. The van der Waals surface area contributed by atoms with Gasteiger partial charge in [-0.2, -0.15) is 0 Å². The lowest BCUT2D eigenvalue weighted by atomic mass is 9.87. The molecule has 4 heterocycles. The van der Waals surface area contributed by atoms with E-state index in [1.807, 2.05) is 137 Å². The first-order valence-electron chi connectivity index (χ1n) is 29.0. The summed E-state index contributed by atoms with van der Waals surface area (Å²) in [4.78, 5) is 4.87. The third kappa shape index (κ3) is 6.99. The van der Waals surface area contributed by atoms with Crippen molar-refractivity contribution >= 4 is 32.8 Å². The zero-order chi connectivity index (χ0) is 57.3. The lowest BCUT2D eigenvalue weighted by Gasteiger charge is -2.20. The smallest absolute Gasteiger partial charge is 0.269 e. The molecule has 0 unspecified atom stereocenters. The zero-order valence-corrected chi connectivity index (χ0v) is 39.0. The van der Waals surface area contributed by atoms with Crippen molar-refractivity contribution in [3.8, 4) is 84.3 Å². The van der Waals surface area contributed by atoms with E-state index in [2.05, 4.69) is 55.9 Å². The summed E-state index contributed by atoms with van der Waals surface area (Å²) in [5.74, 6) is 1.78. The quantitative estimate of drug-likeness (QED) is 0.123. The highest BCUT2D eigenvalue weighted by molar-refractivity contribution is 6.09. The fourth-order valence-electron chi connectivity index (χ4n) is 10.4. The molecule has 71 heavy (non-hydrogen) atoms. The number of pyridine rings is 1. The molecule has 1 aliphatic heterocycles. The first kappa shape index (κ1) is 32.1. The molecule has 0 aliphatic carbocycles. The number of benzene rings is 9. The first-order valence-corrected chi connectivity index (χ1v) is 23.5. The van der Waals surface area contributed by atoms with E-state index in [4.69, 9.17) is 22.1 Å². The summed E-state index contributed by atoms with van der Waals surface area (Å²) in [5, 5.41) is 2.08. The average Bonchev–Trinajstić information content (AvgIpc) is 1.94. The van der Waals surface area contributed by atoms with Crippen LogP contribution in [0, 0.1) is 20.0 Å². The molecule has 12 aromatic rings. The highest BCUT2D eigenvalue weighted by Gasteiger charge is 2.28. The van der Waals surface area contributed by atoms with Crippen LogP contribution >= 0.6 is 0 Å². The summed E-state index contributed by atoms with van der Waals surface area (Å²) in [6, 6.07) is 52.7. The molecule has 340 valence electrons. The van der Waals surface area contributed by atoms with Crippen LogP contribution in [0.2, 0.25) is 0 Å². The predicted molar refractivity (Wildman–Crippen MR) is 291 cm³/mol. The molecule has 0 saturated carbocycles. The van der Waals surface area contributed by atoms with Crippen LogP contribution in [0.15, 0.2) is 212 Å². The summed E-state index contributed by atoms with van der Waals surface area (Å²) in [5.41, 5.74) is 9.68. The van der Waals surface area contributed by atoms with E-state index in [9.17, 15) is 2.74 Å². The predicted octanol–water partition coefficient (Wildman–Crippen LogP) is 16.6. The minimum atomic E-state index is -2.73. The molecule has 13 rings (SSSR count). The average molecular weight is 926 g/mol. The maximum Gasteiger partial charge on any atom is 0.269 e. The monoisotopic (exact) mass is 925 g/mol. The summed E-state index contributed by atoms with van der Waals surface area (Å²) in [7, 11) is 0. The van der Waals surface area contributed by atoms with Crippen molar-refractivity contribution in [3.05, 3.63) is 235 Å². The minimum Gasteiger partial charge on any atom is -0.458 e. The van der Waals surface area contributed by atoms with Crippen molar-refractivity contribution in [3.63, 3.8) is 0 Å². The van der Waals surface area contributed by atoms with Gasteiger partial charge in [0.05, 0.1) is 40.3 Å². The van der Waals surface area contributed by atoms with Gasteiger partial charge in [-0.05, 0) is 146 Å². The standard InChI is InChI=1S/C66H50N4O/c1-42-18-15-19-43(2)63(42)45-36-58-54-27-12-10-25-52(54)51-24-9-11-26-53(51)57-30-17-29-50(44-20-7-6-8-21-44)64(57)69-41-68(61(37-45)65(58)69)47-22-16-23-48(39-47)71-49-32-33-56-55-28-13-14-31-59(55)70(60(56)40-49)62-38-46(34-35-67-62)66(3,4)5/h6-40H,1-5H3/i1D3,2D3,6D,7D,8D,20D,21D. The second-order valence-electron chi connectivity index (χ2n) is 19.0. The third-order valence-electron chi connectivity index (χ3n) is 13.7. The van der Waals surface area contributed by atoms with E-state index < -0.39 is 31.8 Å². The van der Waals surface area contributed by atoms with E-state index in [-0.39, 0.29) is 39.8 Å². The Bertz CT molecular complexity index is 4580. The fourth-order valence-corrected chi connectivity index (χ4v) is 10.4. The number of ether oxygens (including phenoxy) is 1. The van der Waals surface area contributed by atoms with Crippen LogP contribution in [0.4, 0.5) is 0 Å². The van der Waals surface area contributed by atoms with Gasteiger partial charge in [0, 0.05) is 31.3 Å². The van der Waals surface area contributed by atoms with Crippen LogP contribution in [0.5, 0.6) is 11.5 Å². The Hall–Kier alpha value is -8.80. The number of aryl methyl sites for hydroxylation is 2. The van der Waals surface area contributed by atoms with E-state index in [1.165, 1.54) is 18.2 Å².